The van der Waals surface area contributed by atoms with Gasteiger partial charge < -0.3 is 4.74 Å². The Balaban J connectivity index is 2.44. The van der Waals surface area contributed by atoms with Crippen LogP contribution in [0.3, 0.4) is 0 Å². The highest BCUT2D eigenvalue weighted by molar-refractivity contribution is 5.91. The van der Waals surface area contributed by atoms with Gasteiger partial charge >= 0.3 is 5.97 Å². The number of rotatable bonds is 3. The van der Waals surface area contributed by atoms with Crippen LogP contribution in [0.1, 0.15) is 71.1 Å². The van der Waals surface area contributed by atoms with E-state index in [0.717, 1.165) is 11.1 Å². The minimum absolute atomic E-state index is 0.186. The lowest BCUT2D eigenvalue weighted by Gasteiger charge is -2.42. The molecular formula is C20H28O2. The van der Waals surface area contributed by atoms with Crippen molar-refractivity contribution in [1.82, 2.24) is 0 Å². The van der Waals surface area contributed by atoms with Gasteiger partial charge in [-0.1, -0.05) is 45.9 Å². The summed E-state index contributed by atoms with van der Waals surface area (Å²) >= 11 is 0. The summed E-state index contributed by atoms with van der Waals surface area (Å²) in [7, 11) is 0. The van der Waals surface area contributed by atoms with Crippen LogP contribution in [0.4, 0.5) is 0 Å². The van der Waals surface area contributed by atoms with Crippen molar-refractivity contribution in [3.05, 3.63) is 41.0 Å². The molecule has 0 aromatic heterocycles. The maximum atomic E-state index is 11.6. The zero-order chi connectivity index (χ0) is 16.5. The van der Waals surface area contributed by atoms with E-state index in [2.05, 4.69) is 45.9 Å². The SMILES string of the molecule is CCOC(=O)C=C(C)c1ccc2c(c1)C(C)(C)CCC2(C)C. The van der Waals surface area contributed by atoms with Gasteiger partial charge in [0.25, 0.3) is 0 Å². The number of carbonyl (C=O) groups excluding carboxylic acids is 1. The van der Waals surface area contributed by atoms with Crippen LogP contribution in [0.15, 0.2) is 24.3 Å². The van der Waals surface area contributed by atoms with Gasteiger partial charge in [0, 0.05) is 6.08 Å². The maximum absolute atomic E-state index is 11.6. The Morgan fingerprint density at radius 1 is 1.14 bits per heavy atom. The van der Waals surface area contributed by atoms with Gasteiger partial charge in [-0.15, -0.1) is 0 Å². The number of carbonyl (C=O) groups is 1. The second kappa shape index (κ2) is 5.91. The number of fused-ring (bicyclic) bond motifs is 1. The molecule has 1 aromatic rings. The van der Waals surface area contributed by atoms with Gasteiger partial charge in [-0.25, -0.2) is 4.79 Å². The number of benzene rings is 1. The van der Waals surface area contributed by atoms with Gasteiger partial charge in [-0.05, 0) is 59.8 Å². The molecule has 0 bridgehead atoms. The van der Waals surface area contributed by atoms with Crippen molar-refractivity contribution < 1.29 is 9.53 Å². The highest BCUT2D eigenvalue weighted by atomic mass is 16.5. The van der Waals surface area contributed by atoms with Gasteiger partial charge in [0.05, 0.1) is 6.61 Å². The average molecular weight is 300 g/mol. The first-order valence-electron chi connectivity index (χ1n) is 8.18. The summed E-state index contributed by atoms with van der Waals surface area (Å²) in [5.41, 5.74) is 5.33. The molecule has 0 saturated heterocycles. The third-order valence-electron chi connectivity index (χ3n) is 4.93. The lowest BCUT2D eigenvalue weighted by molar-refractivity contribution is -0.137. The molecule has 2 rings (SSSR count). The van der Waals surface area contributed by atoms with Crippen LogP contribution >= 0.6 is 0 Å². The Hall–Kier alpha value is -1.57. The van der Waals surface area contributed by atoms with E-state index in [0.29, 0.717) is 6.61 Å². The van der Waals surface area contributed by atoms with Crippen molar-refractivity contribution in [2.75, 3.05) is 6.61 Å². The monoisotopic (exact) mass is 300 g/mol. The zero-order valence-electron chi connectivity index (χ0n) is 14.7. The summed E-state index contributed by atoms with van der Waals surface area (Å²) in [5, 5.41) is 0. The van der Waals surface area contributed by atoms with Crippen LogP contribution in [0.2, 0.25) is 0 Å². The molecule has 0 amide bonds. The van der Waals surface area contributed by atoms with Gasteiger partial charge in [0.1, 0.15) is 0 Å². The standard InChI is InChI=1S/C20H28O2/c1-7-22-18(21)12-14(2)15-8-9-16-17(13-15)20(5,6)11-10-19(16,3)4/h8-9,12-13H,7,10-11H2,1-6H3. The molecule has 0 atom stereocenters. The second-order valence-electron chi connectivity index (χ2n) is 7.61. The van der Waals surface area contributed by atoms with Gasteiger partial charge in [0.2, 0.25) is 0 Å². The quantitative estimate of drug-likeness (QED) is 0.580. The van der Waals surface area contributed by atoms with E-state index in [1.807, 2.05) is 13.8 Å². The zero-order valence-corrected chi connectivity index (χ0v) is 14.7. The van der Waals surface area contributed by atoms with Gasteiger partial charge in [0.15, 0.2) is 0 Å². The molecule has 0 aliphatic heterocycles. The third kappa shape index (κ3) is 3.26. The topological polar surface area (TPSA) is 26.3 Å². The molecule has 1 aromatic carbocycles. The van der Waals surface area contributed by atoms with E-state index in [1.54, 1.807) is 6.08 Å². The molecule has 1 aliphatic rings. The number of hydrogen-bond acceptors (Lipinski definition) is 2. The summed E-state index contributed by atoms with van der Waals surface area (Å²) in [4.78, 5) is 11.6. The highest BCUT2D eigenvalue weighted by Gasteiger charge is 2.36. The number of hydrogen-bond donors (Lipinski definition) is 0. The fraction of sp³-hybridized carbons (Fsp3) is 0.550. The molecule has 0 radical (unpaired) electrons. The second-order valence-corrected chi connectivity index (χ2v) is 7.61. The Labute approximate surface area is 134 Å². The van der Waals surface area contributed by atoms with Crippen molar-refractivity contribution in [1.29, 1.82) is 0 Å². The minimum Gasteiger partial charge on any atom is -0.463 e. The molecule has 0 spiro atoms. The third-order valence-corrected chi connectivity index (χ3v) is 4.93. The largest absolute Gasteiger partial charge is 0.463 e. The Morgan fingerprint density at radius 3 is 2.32 bits per heavy atom. The number of esters is 1. The summed E-state index contributed by atoms with van der Waals surface area (Å²) in [6.45, 7) is 13.5. The Kier molecular flexibility index (Phi) is 4.51. The first-order chi connectivity index (χ1) is 10.2. The van der Waals surface area contributed by atoms with E-state index in [-0.39, 0.29) is 16.8 Å². The van der Waals surface area contributed by atoms with E-state index in [1.165, 1.54) is 24.0 Å². The number of allylic oxidation sites excluding steroid dienone is 1. The predicted molar refractivity (Wildman–Crippen MR) is 92.0 cm³/mol. The summed E-state index contributed by atoms with van der Waals surface area (Å²) in [6, 6.07) is 6.64. The Morgan fingerprint density at radius 2 is 1.73 bits per heavy atom. The molecule has 2 nitrogen and oxygen atoms in total. The molecule has 0 saturated carbocycles. The smallest absolute Gasteiger partial charge is 0.331 e. The van der Waals surface area contributed by atoms with E-state index < -0.39 is 0 Å². The molecule has 0 N–H and O–H groups in total. The van der Waals surface area contributed by atoms with Crippen LogP contribution in [-0.4, -0.2) is 12.6 Å². The normalized spacial score (nSPS) is 19.5. The van der Waals surface area contributed by atoms with Crippen molar-refractivity contribution >= 4 is 11.5 Å². The van der Waals surface area contributed by atoms with E-state index >= 15 is 0 Å². The molecule has 120 valence electrons. The summed E-state index contributed by atoms with van der Waals surface area (Å²) in [6.07, 6.45) is 3.99. The first-order valence-corrected chi connectivity index (χ1v) is 8.18. The van der Waals surface area contributed by atoms with Crippen molar-refractivity contribution in [3.63, 3.8) is 0 Å². The molecule has 0 fully saturated rings. The van der Waals surface area contributed by atoms with Crippen molar-refractivity contribution in [2.45, 2.75) is 65.2 Å². The van der Waals surface area contributed by atoms with Gasteiger partial charge in [-0.3, -0.25) is 0 Å². The molecule has 1 aliphatic carbocycles. The van der Waals surface area contributed by atoms with E-state index in [4.69, 9.17) is 4.74 Å². The molecule has 0 heterocycles. The molecule has 2 heteroatoms. The Bertz CT molecular complexity index is 606. The van der Waals surface area contributed by atoms with Crippen LogP contribution in [-0.2, 0) is 20.4 Å². The first kappa shape index (κ1) is 16.8. The molecular weight excluding hydrogens is 272 g/mol. The van der Waals surface area contributed by atoms with Crippen LogP contribution < -0.4 is 0 Å². The number of ether oxygens (including phenoxy) is 1. The molecule has 0 unspecified atom stereocenters. The van der Waals surface area contributed by atoms with Crippen LogP contribution in [0.5, 0.6) is 0 Å². The minimum atomic E-state index is -0.266. The van der Waals surface area contributed by atoms with Crippen molar-refractivity contribution in [3.8, 4) is 0 Å². The summed E-state index contributed by atoms with van der Waals surface area (Å²) in [5.74, 6) is -0.266. The van der Waals surface area contributed by atoms with Crippen LogP contribution in [0, 0.1) is 0 Å². The van der Waals surface area contributed by atoms with Crippen molar-refractivity contribution in [2.24, 2.45) is 0 Å². The predicted octanol–water partition coefficient (Wildman–Crippen LogP) is 5.00. The average Bonchev–Trinajstić information content (AvgIpc) is 2.44. The lowest BCUT2D eigenvalue weighted by Crippen LogP contribution is -2.33. The fourth-order valence-electron chi connectivity index (χ4n) is 3.28. The maximum Gasteiger partial charge on any atom is 0.331 e. The molecule has 22 heavy (non-hydrogen) atoms. The summed E-state index contributed by atoms with van der Waals surface area (Å²) < 4.78 is 5.01. The van der Waals surface area contributed by atoms with E-state index in [9.17, 15) is 4.79 Å². The van der Waals surface area contributed by atoms with Crippen LogP contribution in [0.25, 0.3) is 5.57 Å². The fourth-order valence-corrected chi connectivity index (χ4v) is 3.28. The lowest BCUT2D eigenvalue weighted by atomic mass is 9.63. The highest BCUT2D eigenvalue weighted by Crippen LogP contribution is 2.46. The van der Waals surface area contributed by atoms with Gasteiger partial charge in [-0.2, -0.15) is 0 Å².